The molecular formula is C11H24OS. The van der Waals surface area contributed by atoms with Gasteiger partial charge in [0.2, 0.25) is 0 Å². The Bertz CT molecular complexity index is 104. The van der Waals surface area contributed by atoms with Crippen molar-refractivity contribution in [3.63, 3.8) is 0 Å². The summed E-state index contributed by atoms with van der Waals surface area (Å²) in [5.74, 6) is 1.60. The van der Waals surface area contributed by atoms with Gasteiger partial charge in [-0.3, -0.25) is 0 Å². The van der Waals surface area contributed by atoms with Crippen LogP contribution in [0.25, 0.3) is 0 Å². The fourth-order valence-corrected chi connectivity index (χ4v) is 2.66. The molecule has 13 heavy (non-hydrogen) atoms. The minimum Gasteiger partial charge on any atom is -0.617 e. The lowest BCUT2D eigenvalue weighted by Gasteiger charge is -2.14. The summed E-state index contributed by atoms with van der Waals surface area (Å²) in [6.45, 7) is 4.44. The van der Waals surface area contributed by atoms with Gasteiger partial charge < -0.3 is 4.55 Å². The number of unbranched alkanes of at least 4 members (excludes halogenated alkanes) is 3. The lowest BCUT2D eigenvalue weighted by Crippen LogP contribution is -2.14. The zero-order valence-corrected chi connectivity index (χ0v) is 10.2. The first-order chi connectivity index (χ1) is 6.20. The van der Waals surface area contributed by atoms with Crippen molar-refractivity contribution in [2.24, 2.45) is 5.92 Å². The van der Waals surface area contributed by atoms with Gasteiger partial charge in [-0.15, -0.1) is 0 Å². The summed E-state index contributed by atoms with van der Waals surface area (Å²) in [7, 11) is 0. The Hall–Kier alpha value is 0.310. The lowest BCUT2D eigenvalue weighted by atomic mass is 10.0. The third kappa shape index (κ3) is 8.63. The molecule has 0 N–H and O–H groups in total. The molecule has 2 atom stereocenters. The van der Waals surface area contributed by atoms with Crippen LogP contribution in [0.5, 0.6) is 0 Å². The van der Waals surface area contributed by atoms with E-state index in [1.54, 1.807) is 0 Å². The summed E-state index contributed by atoms with van der Waals surface area (Å²) in [6.07, 6.45) is 9.60. The van der Waals surface area contributed by atoms with E-state index in [1.165, 1.54) is 38.5 Å². The van der Waals surface area contributed by atoms with Crippen LogP contribution in [0.3, 0.4) is 0 Å². The molecule has 80 valence electrons. The van der Waals surface area contributed by atoms with Crippen molar-refractivity contribution >= 4 is 11.2 Å². The second-order valence-electron chi connectivity index (χ2n) is 3.86. The van der Waals surface area contributed by atoms with Crippen molar-refractivity contribution in [2.45, 2.75) is 52.4 Å². The van der Waals surface area contributed by atoms with Gasteiger partial charge in [0.05, 0.1) is 6.26 Å². The molecule has 0 aromatic rings. The average molecular weight is 204 g/mol. The lowest BCUT2D eigenvalue weighted by molar-refractivity contribution is 0.472. The van der Waals surface area contributed by atoms with Gasteiger partial charge in [0, 0.05) is 5.92 Å². The standard InChI is InChI=1S/C11H24OS/c1-4-6-7-8-9-11(5-2)10-13(3)12/h11H,4-10H2,1-3H3. The summed E-state index contributed by atoms with van der Waals surface area (Å²) >= 11 is -0.603. The highest BCUT2D eigenvalue weighted by Crippen LogP contribution is 2.15. The molecule has 0 aromatic heterocycles. The van der Waals surface area contributed by atoms with E-state index in [0.717, 1.165) is 5.75 Å². The topological polar surface area (TPSA) is 23.1 Å². The quantitative estimate of drug-likeness (QED) is 0.439. The van der Waals surface area contributed by atoms with Crippen LogP contribution in [0.15, 0.2) is 0 Å². The van der Waals surface area contributed by atoms with Gasteiger partial charge in [0.15, 0.2) is 0 Å². The first-order valence-electron chi connectivity index (χ1n) is 5.50. The summed E-state index contributed by atoms with van der Waals surface area (Å²) in [5, 5.41) is 0. The van der Waals surface area contributed by atoms with Gasteiger partial charge in [0.25, 0.3) is 0 Å². The molecule has 0 radical (unpaired) electrons. The molecule has 0 fully saturated rings. The highest BCUT2D eigenvalue weighted by Gasteiger charge is 2.10. The van der Waals surface area contributed by atoms with Crippen molar-refractivity contribution in [1.82, 2.24) is 0 Å². The van der Waals surface area contributed by atoms with Crippen molar-refractivity contribution < 1.29 is 4.55 Å². The van der Waals surface area contributed by atoms with Crippen LogP contribution in [-0.4, -0.2) is 16.6 Å². The smallest absolute Gasteiger partial charge is 0.108 e. The molecule has 2 heteroatoms. The largest absolute Gasteiger partial charge is 0.617 e. The maximum atomic E-state index is 11.0. The molecule has 0 heterocycles. The van der Waals surface area contributed by atoms with Crippen LogP contribution in [0.1, 0.15) is 52.4 Å². The molecule has 0 aliphatic heterocycles. The maximum Gasteiger partial charge on any atom is 0.108 e. The Morgan fingerprint density at radius 3 is 2.31 bits per heavy atom. The Labute approximate surface area is 86.5 Å². The molecule has 0 saturated carbocycles. The van der Waals surface area contributed by atoms with Crippen molar-refractivity contribution in [3.8, 4) is 0 Å². The van der Waals surface area contributed by atoms with E-state index in [-0.39, 0.29) is 0 Å². The van der Waals surface area contributed by atoms with E-state index in [9.17, 15) is 4.55 Å². The van der Waals surface area contributed by atoms with Crippen LogP contribution in [0, 0.1) is 5.92 Å². The van der Waals surface area contributed by atoms with Crippen LogP contribution in [0.2, 0.25) is 0 Å². The van der Waals surface area contributed by atoms with E-state index in [2.05, 4.69) is 13.8 Å². The molecule has 0 aromatic carbocycles. The zero-order valence-electron chi connectivity index (χ0n) is 9.34. The highest BCUT2D eigenvalue weighted by atomic mass is 32.2. The van der Waals surface area contributed by atoms with E-state index in [4.69, 9.17) is 0 Å². The number of rotatable bonds is 8. The fourth-order valence-electron chi connectivity index (χ4n) is 1.60. The molecule has 0 spiro atoms. The monoisotopic (exact) mass is 204 g/mol. The minimum atomic E-state index is -0.603. The molecule has 0 saturated heterocycles. The molecule has 0 aliphatic carbocycles. The van der Waals surface area contributed by atoms with E-state index in [0.29, 0.717) is 5.92 Å². The van der Waals surface area contributed by atoms with Crippen molar-refractivity contribution in [2.75, 3.05) is 12.0 Å². The van der Waals surface area contributed by atoms with Crippen LogP contribution >= 0.6 is 0 Å². The maximum absolute atomic E-state index is 11.0. The third-order valence-electron chi connectivity index (χ3n) is 2.51. The van der Waals surface area contributed by atoms with E-state index < -0.39 is 11.2 Å². The normalized spacial score (nSPS) is 15.7. The Kier molecular flexibility index (Phi) is 9.10. The molecule has 0 bridgehead atoms. The molecule has 0 amide bonds. The Morgan fingerprint density at radius 2 is 1.85 bits per heavy atom. The van der Waals surface area contributed by atoms with Crippen LogP contribution in [0.4, 0.5) is 0 Å². The second kappa shape index (κ2) is 8.89. The summed E-state index contributed by atoms with van der Waals surface area (Å²) in [5.41, 5.74) is 0. The van der Waals surface area contributed by atoms with Gasteiger partial charge >= 0.3 is 0 Å². The fraction of sp³-hybridized carbons (Fsp3) is 1.00. The third-order valence-corrected chi connectivity index (χ3v) is 3.45. The van der Waals surface area contributed by atoms with Gasteiger partial charge in [-0.05, 0) is 12.8 Å². The average Bonchev–Trinajstić information content (AvgIpc) is 2.09. The highest BCUT2D eigenvalue weighted by molar-refractivity contribution is 7.90. The second-order valence-corrected chi connectivity index (χ2v) is 5.34. The SMILES string of the molecule is CCCCCCC(CC)C[S+](C)[O-]. The van der Waals surface area contributed by atoms with E-state index >= 15 is 0 Å². The Morgan fingerprint density at radius 1 is 1.15 bits per heavy atom. The molecule has 0 aliphatic rings. The first-order valence-corrected chi connectivity index (χ1v) is 7.23. The van der Waals surface area contributed by atoms with E-state index in [1.807, 2.05) is 6.26 Å². The van der Waals surface area contributed by atoms with Crippen LogP contribution in [-0.2, 0) is 11.2 Å². The summed E-state index contributed by atoms with van der Waals surface area (Å²) in [6, 6.07) is 0. The minimum absolute atomic E-state index is 0.603. The molecule has 0 rings (SSSR count). The number of hydrogen-bond acceptors (Lipinski definition) is 1. The van der Waals surface area contributed by atoms with Crippen molar-refractivity contribution in [1.29, 1.82) is 0 Å². The first kappa shape index (κ1) is 13.3. The Balaban J connectivity index is 3.36. The van der Waals surface area contributed by atoms with Gasteiger partial charge in [-0.2, -0.15) is 0 Å². The van der Waals surface area contributed by atoms with Gasteiger partial charge in [0.1, 0.15) is 5.75 Å². The molecule has 1 nitrogen and oxygen atoms in total. The zero-order chi connectivity index (χ0) is 10.1. The molecular weight excluding hydrogens is 180 g/mol. The predicted molar refractivity (Wildman–Crippen MR) is 61.5 cm³/mol. The van der Waals surface area contributed by atoms with Crippen LogP contribution < -0.4 is 0 Å². The van der Waals surface area contributed by atoms with Crippen molar-refractivity contribution in [3.05, 3.63) is 0 Å². The van der Waals surface area contributed by atoms with Gasteiger partial charge in [-0.1, -0.05) is 50.7 Å². The molecule has 2 unspecified atom stereocenters. The predicted octanol–water partition coefficient (Wildman–Crippen LogP) is 3.36. The summed E-state index contributed by atoms with van der Waals surface area (Å²) < 4.78 is 11.0. The van der Waals surface area contributed by atoms with Gasteiger partial charge in [-0.25, -0.2) is 0 Å². The summed E-state index contributed by atoms with van der Waals surface area (Å²) in [4.78, 5) is 0. The number of hydrogen-bond donors (Lipinski definition) is 0.